The van der Waals surface area contributed by atoms with Crippen molar-refractivity contribution in [1.82, 2.24) is 5.32 Å². The van der Waals surface area contributed by atoms with Crippen LogP contribution >= 0.6 is 0 Å². The fourth-order valence-electron chi connectivity index (χ4n) is 2.56. The summed E-state index contributed by atoms with van der Waals surface area (Å²) in [6.07, 6.45) is 5.12. The minimum atomic E-state index is -0.832. The topological polar surface area (TPSA) is 58.6 Å². The number of carboxylic acids is 1. The van der Waals surface area contributed by atoms with Crippen molar-refractivity contribution in [2.24, 2.45) is 0 Å². The van der Waals surface area contributed by atoms with Crippen LogP contribution in [-0.4, -0.2) is 30.8 Å². The quantitative estimate of drug-likeness (QED) is 0.824. The smallest absolute Gasteiger partial charge is 0.320 e. The Bertz CT molecular complexity index is 445. The van der Waals surface area contributed by atoms with Gasteiger partial charge in [-0.25, -0.2) is 0 Å². The minimum Gasteiger partial charge on any atom is -0.493 e. The minimum absolute atomic E-state index is 0.425. The summed E-state index contributed by atoms with van der Waals surface area (Å²) in [4.78, 5) is 10.9. The van der Waals surface area contributed by atoms with Crippen molar-refractivity contribution in [3.8, 4) is 5.75 Å². The van der Waals surface area contributed by atoms with Crippen LogP contribution in [0.3, 0.4) is 0 Å². The van der Waals surface area contributed by atoms with Crippen LogP contribution < -0.4 is 10.1 Å². The van der Waals surface area contributed by atoms with Gasteiger partial charge in [-0.2, -0.15) is 0 Å². The summed E-state index contributed by atoms with van der Waals surface area (Å²) in [5, 5.41) is 11.7. The average Bonchev–Trinajstić information content (AvgIpc) is 2.43. The lowest BCUT2D eigenvalue weighted by Gasteiger charge is -2.20. The Labute approximate surface area is 113 Å². The summed E-state index contributed by atoms with van der Waals surface area (Å²) >= 11 is 0. The molecule has 2 N–H and O–H groups in total. The van der Waals surface area contributed by atoms with Crippen LogP contribution in [0.5, 0.6) is 5.75 Å². The summed E-state index contributed by atoms with van der Waals surface area (Å²) in [5.41, 5.74) is 2.69. The van der Waals surface area contributed by atoms with Crippen LogP contribution in [0.2, 0.25) is 0 Å². The third-order valence-electron chi connectivity index (χ3n) is 3.66. The van der Waals surface area contributed by atoms with E-state index in [1.807, 2.05) is 12.1 Å². The van der Waals surface area contributed by atoms with Crippen molar-refractivity contribution in [1.29, 1.82) is 0 Å². The number of hydrogen-bond acceptors (Lipinski definition) is 3. The molecule has 4 heteroatoms. The van der Waals surface area contributed by atoms with E-state index in [1.54, 1.807) is 7.05 Å². The highest BCUT2D eigenvalue weighted by molar-refractivity contribution is 5.73. The molecule has 0 saturated heterocycles. The lowest BCUT2D eigenvalue weighted by Crippen LogP contribution is -2.35. The maximum absolute atomic E-state index is 10.9. The predicted molar refractivity (Wildman–Crippen MR) is 73.7 cm³/mol. The molecule has 104 valence electrons. The first-order valence-corrected chi connectivity index (χ1v) is 6.86. The molecule has 1 aromatic carbocycles. The summed E-state index contributed by atoms with van der Waals surface area (Å²) in [6.45, 7) is 0.425. The van der Waals surface area contributed by atoms with Gasteiger partial charge in [0.1, 0.15) is 11.8 Å². The van der Waals surface area contributed by atoms with E-state index >= 15 is 0 Å². The Balaban J connectivity index is 1.94. The number of benzene rings is 1. The molecule has 4 nitrogen and oxygen atoms in total. The number of nitrogens with one attached hydrogen (secondary N) is 1. The van der Waals surface area contributed by atoms with Crippen molar-refractivity contribution in [2.45, 2.75) is 38.1 Å². The number of carbonyl (C=O) groups is 1. The Kier molecular flexibility index (Phi) is 4.80. The van der Waals surface area contributed by atoms with E-state index in [-0.39, 0.29) is 0 Å². The first kappa shape index (κ1) is 13.9. The highest BCUT2D eigenvalue weighted by atomic mass is 16.5. The van der Waals surface area contributed by atoms with Crippen LogP contribution in [0.15, 0.2) is 18.2 Å². The number of aliphatic carboxylic acids is 1. The van der Waals surface area contributed by atoms with Gasteiger partial charge in [0.05, 0.1) is 6.61 Å². The molecule has 1 atom stereocenters. The van der Waals surface area contributed by atoms with Crippen molar-refractivity contribution < 1.29 is 14.6 Å². The number of likely N-dealkylation sites (N-methyl/N-ethyl adjacent to an activating group) is 1. The van der Waals surface area contributed by atoms with Crippen LogP contribution in [0.4, 0.5) is 0 Å². The van der Waals surface area contributed by atoms with Gasteiger partial charge in [-0.3, -0.25) is 4.79 Å². The van der Waals surface area contributed by atoms with E-state index in [2.05, 4.69) is 11.4 Å². The van der Waals surface area contributed by atoms with E-state index in [1.165, 1.54) is 24.0 Å². The molecule has 0 aliphatic heterocycles. The predicted octanol–water partition coefficient (Wildman–Crippen LogP) is 2.01. The first-order chi connectivity index (χ1) is 9.22. The summed E-state index contributed by atoms with van der Waals surface area (Å²) in [5.74, 6) is 0.0960. The number of rotatable bonds is 6. The summed E-state index contributed by atoms with van der Waals surface area (Å²) in [7, 11) is 1.66. The molecule has 0 saturated carbocycles. The molecule has 1 unspecified atom stereocenters. The van der Waals surface area contributed by atoms with Gasteiger partial charge >= 0.3 is 5.97 Å². The number of fused-ring (bicyclic) bond motifs is 1. The maximum Gasteiger partial charge on any atom is 0.320 e. The summed E-state index contributed by atoms with van der Waals surface area (Å²) < 4.78 is 5.78. The van der Waals surface area contributed by atoms with Gasteiger partial charge in [-0.05, 0) is 49.9 Å². The molecule has 0 bridgehead atoms. The van der Waals surface area contributed by atoms with E-state index in [0.717, 1.165) is 18.6 Å². The van der Waals surface area contributed by atoms with Crippen LogP contribution in [-0.2, 0) is 17.6 Å². The number of aryl methyl sites for hydroxylation is 1. The van der Waals surface area contributed by atoms with Gasteiger partial charge in [0.2, 0.25) is 0 Å². The SMILES string of the molecule is CNC(CCOc1cccc2c1CCCC2)C(=O)O. The molecule has 2 rings (SSSR count). The van der Waals surface area contributed by atoms with Crippen molar-refractivity contribution in [2.75, 3.05) is 13.7 Å². The lowest BCUT2D eigenvalue weighted by atomic mass is 9.91. The largest absolute Gasteiger partial charge is 0.493 e. The normalized spacial score (nSPS) is 15.6. The van der Waals surface area contributed by atoms with Gasteiger partial charge in [0, 0.05) is 6.42 Å². The summed E-state index contributed by atoms with van der Waals surface area (Å²) in [6, 6.07) is 5.63. The number of hydrogen-bond donors (Lipinski definition) is 2. The molecule has 19 heavy (non-hydrogen) atoms. The third-order valence-corrected chi connectivity index (χ3v) is 3.66. The van der Waals surface area contributed by atoms with E-state index in [0.29, 0.717) is 13.0 Å². The molecule has 0 amide bonds. The molecule has 1 aromatic rings. The van der Waals surface area contributed by atoms with Gasteiger partial charge < -0.3 is 15.2 Å². The first-order valence-electron chi connectivity index (χ1n) is 6.86. The highest BCUT2D eigenvalue weighted by Crippen LogP contribution is 2.29. The zero-order valence-electron chi connectivity index (χ0n) is 11.3. The van der Waals surface area contributed by atoms with Gasteiger partial charge in [-0.1, -0.05) is 12.1 Å². The zero-order valence-corrected chi connectivity index (χ0v) is 11.3. The fraction of sp³-hybridized carbons (Fsp3) is 0.533. The molecule has 0 spiro atoms. The van der Waals surface area contributed by atoms with Crippen molar-refractivity contribution in [3.05, 3.63) is 29.3 Å². The van der Waals surface area contributed by atoms with E-state index < -0.39 is 12.0 Å². The molecular weight excluding hydrogens is 242 g/mol. The molecule has 0 aromatic heterocycles. The molecule has 0 heterocycles. The Morgan fingerprint density at radius 3 is 2.95 bits per heavy atom. The molecule has 1 aliphatic rings. The lowest BCUT2D eigenvalue weighted by molar-refractivity contribution is -0.139. The molecule has 0 radical (unpaired) electrons. The van der Waals surface area contributed by atoms with Gasteiger partial charge in [0.15, 0.2) is 0 Å². The van der Waals surface area contributed by atoms with Crippen LogP contribution in [0.25, 0.3) is 0 Å². The molecule has 0 fully saturated rings. The van der Waals surface area contributed by atoms with Crippen LogP contribution in [0.1, 0.15) is 30.4 Å². The number of ether oxygens (including phenoxy) is 1. The second-order valence-electron chi connectivity index (χ2n) is 4.92. The molecular formula is C15H21NO3. The second-order valence-corrected chi connectivity index (χ2v) is 4.92. The Morgan fingerprint density at radius 2 is 2.21 bits per heavy atom. The average molecular weight is 263 g/mol. The van der Waals surface area contributed by atoms with Gasteiger partial charge in [-0.15, -0.1) is 0 Å². The maximum atomic E-state index is 10.9. The monoisotopic (exact) mass is 263 g/mol. The molecule has 1 aliphatic carbocycles. The van der Waals surface area contributed by atoms with Crippen molar-refractivity contribution in [3.63, 3.8) is 0 Å². The standard InChI is InChI=1S/C15H21NO3/c1-16-13(15(17)18)9-10-19-14-8-4-6-11-5-2-3-7-12(11)14/h4,6,8,13,16H,2-3,5,7,9-10H2,1H3,(H,17,18). The van der Waals surface area contributed by atoms with Gasteiger partial charge in [0.25, 0.3) is 0 Å². The van der Waals surface area contributed by atoms with E-state index in [9.17, 15) is 4.79 Å². The third kappa shape index (κ3) is 3.47. The zero-order chi connectivity index (χ0) is 13.7. The van der Waals surface area contributed by atoms with Crippen LogP contribution in [0, 0.1) is 0 Å². The van der Waals surface area contributed by atoms with E-state index in [4.69, 9.17) is 9.84 Å². The highest BCUT2D eigenvalue weighted by Gasteiger charge is 2.16. The fourth-order valence-corrected chi connectivity index (χ4v) is 2.56. The van der Waals surface area contributed by atoms with Crippen molar-refractivity contribution >= 4 is 5.97 Å². The number of carboxylic acid groups (broad SMARTS) is 1. The second kappa shape index (κ2) is 6.57. The Morgan fingerprint density at radius 1 is 1.42 bits per heavy atom. The Hall–Kier alpha value is -1.55.